The highest BCUT2D eigenvalue weighted by atomic mass is 32.2. The summed E-state index contributed by atoms with van der Waals surface area (Å²) < 4.78 is 5.73. The molecule has 4 N–H and O–H groups in total. The highest BCUT2D eigenvalue weighted by molar-refractivity contribution is 7.99. The Balaban J connectivity index is 1.76. The van der Waals surface area contributed by atoms with E-state index in [1.54, 1.807) is 43.8 Å². The lowest BCUT2D eigenvalue weighted by Crippen LogP contribution is -2.30. The van der Waals surface area contributed by atoms with Gasteiger partial charge in [0.15, 0.2) is 0 Å². The maximum Gasteiger partial charge on any atom is 0.306 e. The first kappa shape index (κ1) is 34.6. The minimum absolute atomic E-state index is 0.0484. The summed E-state index contributed by atoms with van der Waals surface area (Å²) in [5, 5.41) is 12.1. The van der Waals surface area contributed by atoms with E-state index in [1.165, 1.54) is 6.20 Å². The van der Waals surface area contributed by atoms with E-state index in [9.17, 15) is 14.4 Å². The third kappa shape index (κ3) is 10.1. The number of aliphatic carboxylic acids is 1. The Morgan fingerprint density at radius 3 is 2.39 bits per heavy atom. The number of hydrogen-bond donors (Lipinski definition) is 3. The van der Waals surface area contributed by atoms with Gasteiger partial charge in [0.1, 0.15) is 0 Å². The SMILES string of the molecule is CCN(CC)c1ccc(NC(=O)c2cccc(CSC(C)(C)CCOC(C)(C)CC(=O)O)c2)c(-c2cc(C(N)=O)ccn2)c1. The van der Waals surface area contributed by atoms with Crippen molar-refractivity contribution in [3.05, 3.63) is 77.5 Å². The number of nitrogens with one attached hydrogen (secondary N) is 1. The first-order valence-electron chi connectivity index (χ1n) is 14.8. The summed E-state index contributed by atoms with van der Waals surface area (Å²) in [5.74, 6) is -0.991. The molecule has 0 spiro atoms. The van der Waals surface area contributed by atoms with Gasteiger partial charge in [0.05, 0.1) is 23.4 Å². The fourth-order valence-corrected chi connectivity index (χ4v) is 5.67. The summed E-state index contributed by atoms with van der Waals surface area (Å²) in [5.41, 5.74) is 9.46. The molecule has 3 aromatic rings. The van der Waals surface area contributed by atoms with E-state index in [2.05, 4.69) is 42.9 Å². The van der Waals surface area contributed by atoms with Crippen LogP contribution in [-0.2, 0) is 15.3 Å². The van der Waals surface area contributed by atoms with Crippen LogP contribution in [-0.4, -0.2) is 57.9 Å². The molecule has 3 rings (SSSR count). The molecule has 0 aliphatic carbocycles. The smallest absolute Gasteiger partial charge is 0.306 e. The molecule has 0 aliphatic heterocycles. The van der Waals surface area contributed by atoms with Crippen molar-refractivity contribution in [2.75, 3.05) is 29.9 Å². The van der Waals surface area contributed by atoms with E-state index in [0.717, 1.165) is 30.8 Å². The molecule has 0 saturated carbocycles. The predicted molar refractivity (Wildman–Crippen MR) is 178 cm³/mol. The number of rotatable bonds is 16. The molecule has 0 radical (unpaired) electrons. The van der Waals surface area contributed by atoms with Crippen LogP contribution >= 0.6 is 11.8 Å². The number of carbonyl (C=O) groups excluding carboxylic acids is 2. The van der Waals surface area contributed by atoms with Gasteiger partial charge in [-0.1, -0.05) is 26.0 Å². The largest absolute Gasteiger partial charge is 0.481 e. The van der Waals surface area contributed by atoms with Crippen molar-refractivity contribution in [2.24, 2.45) is 5.73 Å². The summed E-state index contributed by atoms with van der Waals surface area (Å²) in [6.45, 7) is 14.1. The zero-order chi connectivity index (χ0) is 32.5. The van der Waals surface area contributed by atoms with Gasteiger partial charge in [0.25, 0.3) is 5.91 Å². The highest BCUT2D eigenvalue weighted by Gasteiger charge is 2.25. The lowest BCUT2D eigenvalue weighted by atomic mass is 10.0. The number of carboxylic acids is 1. The zero-order valence-electron chi connectivity index (χ0n) is 26.5. The summed E-state index contributed by atoms with van der Waals surface area (Å²) in [6, 6.07) is 16.5. The number of ether oxygens (including phenoxy) is 1. The minimum Gasteiger partial charge on any atom is -0.481 e. The maximum absolute atomic E-state index is 13.5. The van der Waals surface area contributed by atoms with Crippen LogP contribution in [0.4, 0.5) is 11.4 Å². The van der Waals surface area contributed by atoms with Crippen molar-refractivity contribution < 1.29 is 24.2 Å². The van der Waals surface area contributed by atoms with Gasteiger partial charge < -0.3 is 25.8 Å². The number of thioether (sulfide) groups is 1. The maximum atomic E-state index is 13.5. The van der Waals surface area contributed by atoms with Crippen molar-refractivity contribution in [1.82, 2.24) is 4.98 Å². The van der Waals surface area contributed by atoms with Gasteiger partial charge >= 0.3 is 5.97 Å². The van der Waals surface area contributed by atoms with Crippen LogP contribution in [0, 0.1) is 0 Å². The average molecular weight is 621 g/mol. The lowest BCUT2D eigenvalue weighted by molar-refractivity contribution is -0.143. The summed E-state index contributed by atoms with van der Waals surface area (Å²) in [6.07, 6.45) is 2.24. The molecule has 1 heterocycles. The monoisotopic (exact) mass is 620 g/mol. The molecule has 0 aliphatic rings. The number of carbonyl (C=O) groups is 3. The van der Waals surface area contributed by atoms with Crippen LogP contribution in [0.15, 0.2) is 60.8 Å². The predicted octanol–water partition coefficient (Wildman–Crippen LogP) is 6.62. The molecule has 10 heteroatoms. The molecule has 0 atom stereocenters. The van der Waals surface area contributed by atoms with Gasteiger partial charge in [-0.15, -0.1) is 0 Å². The lowest BCUT2D eigenvalue weighted by Gasteiger charge is -2.28. The second kappa shape index (κ2) is 15.2. The minimum atomic E-state index is -0.880. The Morgan fingerprint density at radius 1 is 1.00 bits per heavy atom. The topological polar surface area (TPSA) is 135 Å². The highest BCUT2D eigenvalue weighted by Crippen LogP contribution is 2.34. The number of primary amides is 1. The number of aromatic nitrogens is 1. The van der Waals surface area contributed by atoms with Gasteiger partial charge in [-0.3, -0.25) is 19.4 Å². The van der Waals surface area contributed by atoms with Gasteiger partial charge in [-0.25, -0.2) is 0 Å². The normalized spacial score (nSPS) is 11.7. The first-order chi connectivity index (χ1) is 20.7. The van der Waals surface area contributed by atoms with Crippen LogP contribution in [0.2, 0.25) is 0 Å². The second-order valence-electron chi connectivity index (χ2n) is 11.8. The molecule has 0 saturated heterocycles. The number of amides is 2. The van der Waals surface area contributed by atoms with Gasteiger partial charge in [0.2, 0.25) is 5.91 Å². The Morgan fingerprint density at radius 2 is 1.73 bits per heavy atom. The number of benzene rings is 2. The van der Waals surface area contributed by atoms with E-state index in [4.69, 9.17) is 15.6 Å². The fourth-order valence-electron chi connectivity index (χ4n) is 4.71. The van der Waals surface area contributed by atoms with Crippen LogP contribution in [0.3, 0.4) is 0 Å². The summed E-state index contributed by atoms with van der Waals surface area (Å²) >= 11 is 1.75. The van der Waals surface area contributed by atoms with Crippen molar-refractivity contribution in [3.8, 4) is 11.3 Å². The number of pyridine rings is 1. The van der Waals surface area contributed by atoms with E-state index >= 15 is 0 Å². The first-order valence-corrected chi connectivity index (χ1v) is 15.8. The summed E-state index contributed by atoms with van der Waals surface area (Å²) in [7, 11) is 0. The Kier molecular flexibility index (Phi) is 12.0. The number of nitrogens with zero attached hydrogens (tertiary/aromatic N) is 2. The molecule has 2 aromatic carbocycles. The van der Waals surface area contributed by atoms with Gasteiger partial charge in [-0.2, -0.15) is 11.8 Å². The number of anilines is 2. The molecule has 0 unspecified atom stereocenters. The van der Waals surface area contributed by atoms with Crippen molar-refractivity contribution in [1.29, 1.82) is 0 Å². The van der Waals surface area contributed by atoms with Crippen LogP contribution in [0.5, 0.6) is 0 Å². The van der Waals surface area contributed by atoms with E-state index in [1.807, 2.05) is 36.4 Å². The average Bonchev–Trinajstić information content (AvgIpc) is 2.96. The zero-order valence-corrected chi connectivity index (χ0v) is 27.3. The van der Waals surface area contributed by atoms with Crippen LogP contribution in [0.1, 0.15) is 80.7 Å². The molecule has 0 bridgehead atoms. The Hall–Kier alpha value is -3.89. The standard InChI is InChI=1S/C34H44N4O5S/c1-7-38(8-2)26-12-13-28(27(20-26)29-19-24(31(35)41)14-16-36-29)37-32(42)25-11-9-10-23(18-25)22-44-34(5,6)15-17-43-33(3,4)21-30(39)40/h9-14,16,18-20H,7-8,15,17,21-22H2,1-6H3,(H2,35,41)(H,37,42)(H,39,40). The molecule has 1 aromatic heterocycles. The molecular weight excluding hydrogens is 576 g/mol. The van der Waals surface area contributed by atoms with Crippen LogP contribution in [0.25, 0.3) is 11.3 Å². The van der Waals surface area contributed by atoms with Crippen molar-refractivity contribution in [3.63, 3.8) is 0 Å². The van der Waals surface area contributed by atoms with Crippen molar-refractivity contribution >= 4 is 40.9 Å². The second-order valence-corrected chi connectivity index (χ2v) is 13.5. The third-order valence-corrected chi connectivity index (χ3v) is 8.76. The van der Waals surface area contributed by atoms with E-state index in [-0.39, 0.29) is 17.1 Å². The van der Waals surface area contributed by atoms with E-state index < -0.39 is 17.5 Å². The molecule has 0 fully saturated rings. The molecular formula is C34H44N4O5S. The Labute approximate surface area is 264 Å². The summed E-state index contributed by atoms with van der Waals surface area (Å²) in [4.78, 5) is 43.1. The van der Waals surface area contributed by atoms with Gasteiger partial charge in [-0.05, 0) is 82.1 Å². The molecule has 2 amide bonds. The fraction of sp³-hybridized carbons (Fsp3) is 0.412. The molecule has 236 valence electrons. The number of hydrogen-bond acceptors (Lipinski definition) is 7. The van der Waals surface area contributed by atoms with Crippen LogP contribution < -0.4 is 16.0 Å². The quantitative estimate of drug-likeness (QED) is 0.163. The van der Waals surface area contributed by atoms with E-state index in [0.29, 0.717) is 40.4 Å². The molecule has 44 heavy (non-hydrogen) atoms. The number of carboxylic acid groups (broad SMARTS) is 1. The Bertz CT molecular complexity index is 1470. The van der Waals surface area contributed by atoms with Crippen molar-refractivity contribution in [2.45, 2.75) is 70.5 Å². The number of nitrogens with two attached hydrogens (primary N) is 1. The van der Waals surface area contributed by atoms with Gasteiger partial charge in [0, 0.05) is 58.8 Å². The third-order valence-electron chi connectivity index (χ3n) is 7.29. The molecule has 9 nitrogen and oxygen atoms in total.